The lowest BCUT2D eigenvalue weighted by Gasteiger charge is -2.32. The summed E-state index contributed by atoms with van der Waals surface area (Å²) in [6.07, 6.45) is 1.02. The molecule has 0 radical (unpaired) electrons. The van der Waals surface area contributed by atoms with Crippen LogP contribution in [0, 0.1) is 5.41 Å². The monoisotopic (exact) mass is 258 g/mol. The van der Waals surface area contributed by atoms with Gasteiger partial charge >= 0.3 is 0 Å². The van der Waals surface area contributed by atoms with Gasteiger partial charge in [-0.15, -0.1) is 0 Å². The molecule has 2 heterocycles. The summed E-state index contributed by atoms with van der Waals surface area (Å²) in [6.45, 7) is 7.83. The second kappa shape index (κ2) is 6.30. The fourth-order valence-electron chi connectivity index (χ4n) is 2.95. The van der Waals surface area contributed by atoms with Gasteiger partial charge in [-0.05, 0) is 19.4 Å². The second-order valence-electron chi connectivity index (χ2n) is 5.81. The summed E-state index contributed by atoms with van der Waals surface area (Å²) < 4.78 is 5.56. The first kappa shape index (κ1) is 14.2. The first-order chi connectivity index (χ1) is 8.65. The predicted molar refractivity (Wildman–Crippen MR) is 69.5 cm³/mol. The van der Waals surface area contributed by atoms with Gasteiger partial charge in [-0.1, -0.05) is 6.92 Å². The highest BCUT2D eigenvalue weighted by Gasteiger charge is 2.39. The summed E-state index contributed by atoms with van der Waals surface area (Å²) >= 11 is 0. The quantitative estimate of drug-likeness (QED) is 0.557. The van der Waals surface area contributed by atoms with Crippen LogP contribution in [-0.4, -0.2) is 73.3 Å². The third-order valence-corrected chi connectivity index (χ3v) is 4.01. The molecule has 18 heavy (non-hydrogen) atoms. The highest BCUT2D eigenvalue weighted by molar-refractivity contribution is 4.92. The molecule has 2 aliphatic rings. The molecule has 2 aliphatic heterocycles. The number of nitrogens with zero attached hydrogens (tertiary/aromatic N) is 1. The SMILES string of the molecule is CCCNCC1(CN2CC(O)C(O)C2)CCOC1. The van der Waals surface area contributed by atoms with Crippen molar-refractivity contribution >= 4 is 0 Å². The Labute approximate surface area is 109 Å². The van der Waals surface area contributed by atoms with Crippen LogP contribution in [0.2, 0.25) is 0 Å². The predicted octanol–water partition coefficient (Wildman–Crippen LogP) is -0.570. The van der Waals surface area contributed by atoms with Crippen LogP contribution in [0.1, 0.15) is 19.8 Å². The molecule has 2 rings (SSSR count). The van der Waals surface area contributed by atoms with Gasteiger partial charge in [-0.2, -0.15) is 0 Å². The van der Waals surface area contributed by atoms with Gasteiger partial charge in [0.2, 0.25) is 0 Å². The van der Waals surface area contributed by atoms with Crippen molar-refractivity contribution in [2.75, 3.05) is 45.9 Å². The maximum atomic E-state index is 9.60. The van der Waals surface area contributed by atoms with E-state index in [1.165, 1.54) is 0 Å². The van der Waals surface area contributed by atoms with Crippen molar-refractivity contribution in [3.8, 4) is 0 Å². The summed E-state index contributed by atoms with van der Waals surface area (Å²) in [7, 11) is 0. The van der Waals surface area contributed by atoms with Crippen molar-refractivity contribution in [2.24, 2.45) is 5.41 Å². The Morgan fingerprint density at radius 2 is 2.06 bits per heavy atom. The lowest BCUT2D eigenvalue weighted by Crippen LogP contribution is -2.44. The molecule has 0 aromatic rings. The minimum atomic E-state index is -0.590. The van der Waals surface area contributed by atoms with Gasteiger partial charge in [0.15, 0.2) is 0 Å². The Bertz CT molecular complexity index is 247. The molecule has 3 unspecified atom stereocenters. The molecule has 3 atom stereocenters. The molecular formula is C13H26N2O3. The standard InChI is InChI=1S/C13H26N2O3/c1-2-4-14-8-13(3-5-18-10-13)9-15-6-11(16)12(17)7-15/h11-12,14,16-17H,2-10H2,1H3. The van der Waals surface area contributed by atoms with Crippen LogP contribution in [-0.2, 0) is 4.74 Å². The van der Waals surface area contributed by atoms with Gasteiger partial charge in [-0.25, -0.2) is 0 Å². The average molecular weight is 258 g/mol. The first-order valence-corrected chi connectivity index (χ1v) is 7.02. The Morgan fingerprint density at radius 1 is 1.33 bits per heavy atom. The van der Waals surface area contributed by atoms with Crippen LogP contribution in [0.15, 0.2) is 0 Å². The molecule has 0 amide bonds. The number of hydrogen-bond acceptors (Lipinski definition) is 5. The third kappa shape index (κ3) is 3.42. The molecule has 0 aromatic heterocycles. The topological polar surface area (TPSA) is 65.0 Å². The van der Waals surface area contributed by atoms with Gasteiger partial charge in [0, 0.05) is 38.2 Å². The summed E-state index contributed by atoms with van der Waals surface area (Å²) in [5, 5.41) is 22.7. The molecule has 0 aromatic carbocycles. The van der Waals surface area contributed by atoms with Gasteiger partial charge in [0.1, 0.15) is 0 Å². The van der Waals surface area contributed by atoms with Crippen LogP contribution in [0.4, 0.5) is 0 Å². The highest BCUT2D eigenvalue weighted by Crippen LogP contribution is 2.30. The van der Waals surface area contributed by atoms with E-state index in [2.05, 4.69) is 17.1 Å². The van der Waals surface area contributed by atoms with E-state index in [0.717, 1.165) is 45.7 Å². The van der Waals surface area contributed by atoms with Crippen molar-refractivity contribution < 1.29 is 14.9 Å². The van der Waals surface area contributed by atoms with Crippen molar-refractivity contribution in [1.29, 1.82) is 0 Å². The minimum Gasteiger partial charge on any atom is -0.389 e. The van der Waals surface area contributed by atoms with E-state index < -0.39 is 12.2 Å². The smallest absolute Gasteiger partial charge is 0.0938 e. The molecule has 0 bridgehead atoms. The van der Waals surface area contributed by atoms with E-state index in [9.17, 15) is 10.2 Å². The molecule has 3 N–H and O–H groups in total. The van der Waals surface area contributed by atoms with Crippen LogP contribution < -0.4 is 5.32 Å². The number of aliphatic hydroxyl groups is 2. The summed E-state index contributed by atoms with van der Waals surface area (Å²) in [4.78, 5) is 2.16. The Balaban J connectivity index is 1.86. The summed E-state index contributed by atoms with van der Waals surface area (Å²) in [5.41, 5.74) is 0.152. The van der Waals surface area contributed by atoms with E-state index in [-0.39, 0.29) is 5.41 Å². The Hall–Kier alpha value is -0.200. The van der Waals surface area contributed by atoms with Crippen molar-refractivity contribution in [1.82, 2.24) is 10.2 Å². The molecule has 0 saturated carbocycles. The van der Waals surface area contributed by atoms with E-state index >= 15 is 0 Å². The number of nitrogens with one attached hydrogen (secondary N) is 1. The third-order valence-electron chi connectivity index (χ3n) is 4.01. The number of ether oxygens (including phenoxy) is 1. The minimum absolute atomic E-state index is 0.152. The van der Waals surface area contributed by atoms with E-state index in [4.69, 9.17) is 4.74 Å². The summed E-state index contributed by atoms with van der Waals surface area (Å²) in [6, 6.07) is 0. The maximum Gasteiger partial charge on any atom is 0.0938 e. The molecule has 0 aliphatic carbocycles. The zero-order valence-corrected chi connectivity index (χ0v) is 11.3. The van der Waals surface area contributed by atoms with Gasteiger partial charge in [-0.3, -0.25) is 4.90 Å². The van der Waals surface area contributed by atoms with Crippen LogP contribution in [0.5, 0.6) is 0 Å². The number of likely N-dealkylation sites (tertiary alicyclic amines) is 1. The number of rotatable bonds is 6. The molecule has 0 spiro atoms. The van der Waals surface area contributed by atoms with Crippen LogP contribution in [0.25, 0.3) is 0 Å². The lowest BCUT2D eigenvalue weighted by molar-refractivity contribution is 0.0572. The fraction of sp³-hybridized carbons (Fsp3) is 1.00. The number of hydrogen-bond donors (Lipinski definition) is 3. The molecule has 2 fully saturated rings. The van der Waals surface area contributed by atoms with Crippen molar-refractivity contribution in [3.63, 3.8) is 0 Å². The maximum absolute atomic E-state index is 9.60. The van der Waals surface area contributed by atoms with Crippen LogP contribution in [0.3, 0.4) is 0 Å². The van der Waals surface area contributed by atoms with E-state index in [0.29, 0.717) is 13.1 Å². The van der Waals surface area contributed by atoms with E-state index in [1.54, 1.807) is 0 Å². The fourth-order valence-corrected chi connectivity index (χ4v) is 2.95. The Morgan fingerprint density at radius 3 is 2.61 bits per heavy atom. The number of aliphatic hydroxyl groups excluding tert-OH is 2. The first-order valence-electron chi connectivity index (χ1n) is 7.02. The Kier molecular flexibility index (Phi) is 4.98. The normalized spacial score (nSPS) is 37.5. The molecule has 5 heteroatoms. The van der Waals surface area contributed by atoms with Crippen molar-refractivity contribution in [3.05, 3.63) is 0 Å². The molecule has 2 saturated heterocycles. The lowest BCUT2D eigenvalue weighted by atomic mass is 9.86. The van der Waals surface area contributed by atoms with Gasteiger partial charge < -0.3 is 20.3 Å². The van der Waals surface area contributed by atoms with Crippen LogP contribution >= 0.6 is 0 Å². The van der Waals surface area contributed by atoms with Gasteiger partial charge in [0.25, 0.3) is 0 Å². The van der Waals surface area contributed by atoms with Gasteiger partial charge in [0.05, 0.1) is 18.8 Å². The zero-order chi connectivity index (χ0) is 13.0. The number of β-amino-alcohol motifs (C(OH)–C–C–N with tert-alkyl or cyclic N) is 2. The second-order valence-corrected chi connectivity index (χ2v) is 5.81. The molecule has 5 nitrogen and oxygen atoms in total. The van der Waals surface area contributed by atoms with Crippen molar-refractivity contribution in [2.45, 2.75) is 32.0 Å². The largest absolute Gasteiger partial charge is 0.389 e. The highest BCUT2D eigenvalue weighted by atomic mass is 16.5. The van der Waals surface area contributed by atoms with E-state index in [1.807, 2.05) is 0 Å². The molecular weight excluding hydrogens is 232 g/mol. The summed E-state index contributed by atoms with van der Waals surface area (Å²) in [5.74, 6) is 0. The zero-order valence-electron chi connectivity index (χ0n) is 11.3. The molecule has 106 valence electrons. The average Bonchev–Trinajstić information content (AvgIpc) is 2.89.